The van der Waals surface area contributed by atoms with Crippen molar-refractivity contribution in [3.05, 3.63) is 46.2 Å². The van der Waals surface area contributed by atoms with Crippen LogP contribution in [0.4, 0.5) is 13.2 Å². The highest BCUT2D eigenvalue weighted by Gasteiger charge is 2.39. The van der Waals surface area contributed by atoms with Gasteiger partial charge >= 0.3 is 6.18 Å². The summed E-state index contributed by atoms with van der Waals surface area (Å²) in [4.78, 5) is 23.7. The molecule has 7 nitrogen and oxygen atoms in total. The smallest absolute Gasteiger partial charge is 0.435 e. The Balaban J connectivity index is 2.14. The number of carbonyl (C=O) groups excluding carboxylic acids is 2. The predicted molar refractivity (Wildman–Crippen MR) is 76.3 cm³/mol. The fourth-order valence-electron chi connectivity index (χ4n) is 1.80. The van der Waals surface area contributed by atoms with Crippen molar-refractivity contribution in [2.75, 3.05) is 0 Å². The number of phenols is 1. The lowest BCUT2D eigenvalue weighted by Gasteiger charge is -2.09. The number of phenolic OH excluding ortho intramolecular Hbond substituents is 1. The third-order valence-electron chi connectivity index (χ3n) is 2.83. The average Bonchev–Trinajstić information content (AvgIpc) is 2.89. The Bertz CT molecular complexity index is 804. The maximum Gasteiger partial charge on any atom is 0.435 e. The molecule has 0 aliphatic heterocycles. The van der Waals surface area contributed by atoms with E-state index in [0.717, 1.165) is 23.0 Å². The minimum Gasteiger partial charge on any atom is -0.507 e. The molecular formula is C13H10ClF3N4O3. The standard InChI is InChI=1S/C13H10ClF3N4O3/c1-21-5-8(10(20-21)13(15,16)17)12(24)19-18-11(23)7-4-6(14)2-3-9(7)22/h2-5,22H,1H3,(H,18,23)(H,19,24). The summed E-state index contributed by atoms with van der Waals surface area (Å²) in [5.74, 6) is -2.59. The summed E-state index contributed by atoms with van der Waals surface area (Å²) >= 11 is 5.68. The maximum atomic E-state index is 12.8. The fraction of sp³-hybridized carbons (Fsp3) is 0.154. The molecule has 0 radical (unpaired) electrons. The third-order valence-corrected chi connectivity index (χ3v) is 3.07. The molecule has 0 saturated carbocycles. The van der Waals surface area contributed by atoms with Crippen LogP contribution in [0.3, 0.4) is 0 Å². The van der Waals surface area contributed by atoms with E-state index in [4.69, 9.17) is 11.6 Å². The zero-order valence-corrected chi connectivity index (χ0v) is 12.7. The van der Waals surface area contributed by atoms with Gasteiger partial charge in [0.25, 0.3) is 11.8 Å². The number of hydrogen-bond acceptors (Lipinski definition) is 4. The molecule has 2 aromatic rings. The number of carbonyl (C=O) groups is 2. The number of aromatic hydroxyl groups is 1. The predicted octanol–water partition coefficient (Wildman–Crippen LogP) is 1.87. The third kappa shape index (κ3) is 3.77. The number of aryl methyl sites for hydroxylation is 1. The zero-order valence-electron chi connectivity index (χ0n) is 12.0. The van der Waals surface area contributed by atoms with Crippen molar-refractivity contribution < 1.29 is 27.9 Å². The van der Waals surface area contributed by atoms with Crippen molar-refractivity contribution in [1.29, 1.82) is 0 Å². The molecule has 1 aromatic carbocycles. The lowest BCUT2D eigenvalue weighted by Crippen LogP contribution is -2.42. The Hall–Kier alpha value is -2.75. The van der Waals surface area contributed by atoms with Gasteiger partial charge in [0.05, 0.1) is 11.1 Å². The lowest BCUT2D eigenvalue weighted by atomic mass is 10.2. The van der Waals surface area contributed by atoms with Gasteiger partial charge in [0.2, 0.25) is 0 Å². The van der Waals surface area contributed by atoms with E-state index in [1.54, 1.807) is 0 Å². The first-order valence-corrected chi connectivity index (χ1v) is 6.67. The van der Waals surface area contributed by atoms with Gasteiger partial charge in [-0.25, -0.2) is 0 Å². The van der Waals surface area contributed by atoms with E-state index >= 15 is 0 Å². The molecule has 1 heterocycles. The number of amides is 2. The van der Waals surface area contributed by atoms with Crippen LogP contribution in [-0.2, 0) is 13.2 Å². The van der Waals surface area contributed by atoms with E-state index < -0.39 is 35.0 Å². The Morgan fingerprint density at radius 1 is 1.21 bits per heavy atom. The number of benzene rings is 1. The SMILES string of the molecule is Cn1cc(C(=O)NNC(=O)c2cc(Cl)ccc2O)c(C(F)(F)F)n1. The molecule has 2 amide bonds. The Morgan fingerprint density at radius 3 is 2.38 bits per heavy atom. The molecule has 0 unspecified atom stereocenters. The first-order chi connectivity index (χ1) is 11.1. The molecule has 0 bridgehead atoms. The fourth-order valence-corrected chi connectivity index (χ4v) is 1.97. The Labute approximate surface area is 138 Å². The minimum absolute atomic E-state index is 0.149. The van der Waals surface area contributed by atoms with Crippen LogP contribution in [0.25, 0.3) is 0 Å². The van der Waals surface area contributed by atoms with Crippen LogP contribution < -0.4 is 10.9 Å². The molecule has 11 heteroatoms. The number of halogens is 4. The quantitative estimate of drug-likeness (QED) is 0.711. The summed E-state index contributed by atoms with van der Waals surface area (Å²) in [6.45, 7) is 0. The second kappa shape index (κ2) is 6.40. The van der Waals surface area contributed by atoms with E-state index in [-0.39, 0.29) is 10.6 Å². The van der Waals surface area contributed by atoms with E-state index in [9.17, 15) is 27.9 Å². The molecule has 2 rings (SSSR count). The molecular weight excluding hydrogens is 353 g/mol. The number of hydrazine groups is 1. The summed E-state index contributed by atoms with van der Waals surface area (Å²) in [7, 11) is 1.22. The van der Waals surface area contributed by atoms with Gasteiger partial charge in [0.15, 0.2) is 5.69 Å². The van der Waals surface area contributed by atoms with Crippen LogP contribution >= 0.6 is 11.6 Å². The highest BCUT2D eigenvalue weighted by atomic mass is 35.5. The average molecular weight is 363 g/mol. The normalized spacial score (nSPS) is 11.2. The van der Waals surface area contributed by atoms with E-state index in [0.29, 0.717) is 0 Å². The molecule has 1 aromatic heterocycles. The van der Waals surface area contributed by atoms with Crippen molar-refractivity contribution in [2.24, 2.45) is 7.05 Å². The number of nitrogens with zero attached hydrogens (tertiary/aromatic N) is 2. The van der Waals surface area contributed by atoms with Gasteiger partial charge < -0.3 is 5.11 Å². The number of alkyl halides is 3. The topological polar surface area (TPSA) is 96.2 Å². The molecule has 128 valence electrons. The molecule has 0 atom stereocenters. The van der Waals surface area contributed by atoms with Gasteiger partial charge in [0, 0.05) is 18.3 Å². The van der Waals surface area contributed by atoms with Gasteiger partial charge in [0.1, 0.15) is 5.75 Å². The van der Waals surface area contributed by atoms with E-state index in [1.165, 1.54) is 13.1 Å². The molecule has 0 aliphatic rings. The van der Waals surface area contributed by atoms with E-state index in [1.807, 2.05) is 10.9 Å². The van der Waals surface area contributed by atoms with Crippen LogP contribution in [0.1, 0.15) is 26.4 Å². The summed E-state index contributed by atoms with van der Waals surface area (Å²) < 4.78 is 39.2. The van der Waals surface area contributed by atoms with Crippen molar-refractivity contribution >= 4 is 23.4 Å². The summed E-state index contributed by atoms with van der Waals surface area (Å²) in [6, 6.07) is 3.61. The van der Waals surface area contributed by atoms with Gasteiger partial charge in [-0.15, -0.1) is 0 Å². The van der Waals surface area contributed by atoms with Crippen LogP contribution in [0.5, 0.6) is 5.75 Å². The summed E-state index contributed by atoms with van der Waals surface area (Å²) in [6.07, 6.45) is -3.97. The molecule has 0 aliphatic carbocycles. The molecule has 3 N–H and O–H groups in total. The summed E-state index contributed by atoms with van der Waals surface area (Å²) in [5, 5.41) is 12.9. The number of rotatable bonds is 2. The largest absolute Gasteiger partial charge is 0.507 e. The van der Waals surface area contributed by atoms with Crippen molar-refractivity contribution in [2.45, 2.75) is 6.18 Å². The maximum absolute atomic E-state index is 12.8. The van der Waals surface area contributed by atoms with Crippen LogP contribution in [0.15, 0.2) is 24.4 Å². The molecule has 0 spiro atoms. The first kappa shape index (κ1) is 17.6. The van der Waals surface area contributed by atoms with Crippen molar-refractivity contribution in [3.8, 4) is 5.75 Å². The van der Waals surface area contributed by atoms with Crippen LogP contribution in [0.2, 0.25) is 5.02 Å². The molecule has 0 fully saturated rings. The second-order valence-corrected chi connectivity index (χ2v) is 5.07. The van der Waals surface area contributed by atoms with Gasteiger partial charge in [-0.1, -0.05) is 11.6 Å². The van der Waals surface area contributed by atoms with Gasteiger partial charge in [-0.2, -0.15) is 18.3 Å². The second-order valence-electron chi connectivity index (χ2n) is 4.63. The monoisotopic (exact) mass is 362 g/mol. The van der Waals surface area contributed by atoms with Gasteiger partial charge in [-0.3, -0.25) is 25.1 Å². The van der Waals surface area contributed by atoms with Crippen LogP contribution in [0, 0.1) is 0 Å². The number of hydrogen-bond donors (Lipinski definition) is 3. The van der Waals surface area contributed by atoms with Gasteiger partial charge in [-0.05, 0) is 18.2 Å². The van der Waals surface area contributed by atoms with Crippen molar-refractivity contribution in [3.63, 3.8) is 0 Å². The van der Waals surface area contributed by atoms with Crippen LogP contribution in [-0.4, -0.2) is 26.7 Å². The lowest BCUT2D eigenvalue weighted by molar-refractivity contribution is -0.141. The molecule has 0 saturated heterocycles. The van der Waals surface area contributed by atoms with Crippen molar-refractivity contribution in [1.82, 2.24) is 20.6 Å². The Morgan fingerprint density at radius 2 is 1.79 bits per heavy atom. The zero-order chi connectivity index (χ0) is 18.1. The highest BCUT2D eigenvalue weighted by Crippen LogP contribution is 2.30. The first-order valence-electron chi connectivity index (χ1n) is 6.29. The number of nitrogens with one attached hydrogen (secondary N) is 2. The highest BCUT2D eigenvalue weighted by molar-refractivity contribution is 6.31. The minimum atomic E-state index is -4.83. The summed E-state index contributed by atoms with van der Waals surface area (Å²) in [5.41, 5.74) is 1.31. The van der Waals surface area contributed by atoms with E-state index in [2.05, 4.69) is 5.10 Å². The Kier molecular flexibility index (Phi) is 4.69. The molecule has 24 heavy (non-hydrogen) atoms. The number of aromatic nitrogens is 2.